The van der Waals surface area contributed by atoms with Crippen molar-refractivity contribution in [3.05, 3.63) is 70.1 Å². The zero-order valence-electron chi connectivity index (χ0n) is 14.1. The number of aryl methyl sites for hydroxylation is 2. The molecule has 4 rings (SSSR count). The highest BCUT2D eigenvalue weighted by Crippen LogP contribution is 2.41. The van der Waals surface area contributed by atoms with Gasteiger partial charge in [0.2, 0.25) is 0 Å². The SMILES string of the molecule is [N-]=[N+]=NC1CCC[C@H](N2c3ccccc3CCc3ccccc32)[C@@H]1O. The molecule has 1 saturated carbocycles. The van der Waals surface area contributed by atoms with E-state index < -0.39 is 6.10 Å². The van der Waals surface area contributed by atoms with Gasteiger partial charge in [-0.3, -0.25) is 0 Å². The van der Waals surface area contributed by atoms with Gasteiger partial charge in [-0.15, -0.1) is 0 Å². The summed E-state index contributed by atoms with van der Waals surface area (Å²) >= 11 is 0. The molecule has 5 nitrogen and oxygen atoms in total. The number of aliphatic hydroxyl groups is 1. The topological polar surface area (TPSA) is 72.2 Å². The number of nitrogens with zero attached hydrogens (tertiary/aromatic N) is 4. The highest BCUT2D eigenvalue weighted by atomic mass is 16.3. The summed E-state index contributed by atoms with van der Waals surface area (Å²) in [5.74, 6) is 0. The summed E-state index contributed by atoms with van der Waals surface area (Å²) in [5.41, 5.74) is 13.8. The van der Waals surface area contributed by atoms with Crippen LogP contribution in [0, 0.1) is 0 Å². The number of rotatable bonds is 2. The molecule has 128 valence electrons. The summed E-state index contributed by atoms with van der Waals surface area (Å²) in [6.07, 6.45) is 3.91. The van der Waals surface area contributed by atoms with E-state index in [1.807, 2.05) is 0 Å². The second kappa shape index (κ2) is 6.79. The fourth-order valence-electron chi connectivity index (χ4n) is 4.28. The molecule has 25 heavy (non-hydrogen) atoms. The maximum Gasteiger partial charge on any atom is 0.0832 e. The fourth-order valence-corrected chi connectivity index (χ4v) is 4.28. The lowest BCUT2D eigenvalue weighted by Crippen LogP contribution is -2.49. The van der Waals surface area contributed by atoms with Gasteiger partial charge in [-0.2, -0.15) is 0 Å². The van der Waals surface area contributed by atoms with Crippen molar-refractivity contribution in [3.63, 3.8) is 0 Å². The standard InChI is InChI=1S/C20H22N4O/c21-23-22-16-8-5-11-19(20(16)25)24-17-9-3-1-6-14(17)12-13-15-7-2-4-10-18(15)24/h1-4,6-7,9-10,16,19-20,25H,5,8,11-13H2/t16?,19-,20+/m0/s1. The highest BCUT2D eigenvalue weighted by molar-refractivity contribution is 5.72. The van der Waals surface area contributed by atoms with E-state index >= 15 is 0 Å². The summed E-state index contributed by atoms with van der Waals surface area (Å²) in [5, 5.41) is 14.8. The van der Waals surface area contributed by atoms with Crippen molar-refractivity contribution in [2.75, 3.05) is 4.90 Å². The van der Waals surface area contributed by atoms with E-state index in [2.05, 4.69) is 63.5 Å². The Hall–Kier alpha value is -2.49. The smallest absolute Gasteiger partial charge is 0.0832 e. The van der Waals surface area contributed by atoms with Crippen LogP contribution in [0.4, 0.5) is 11.4 Å². The van der Waals surface area contributed by atoms with Crippen LogP contribution in [0.2, 0.25) is 0 Å². The van der Waals surface area contributed by atoms with Crippen molar-refractivity contribution in [2.45, 2.75) is 50.3 Å². The molecule has 0 spiro atoms. The number of aliphatic hydroxyl groups excluding tert-OH is 1. The molecule has 1 fully saturated rings. The van der Waals surface area contributed by atoms with Crippen LogP contribution in [-0.4, -0.2) is 23.3 Å². The molecule has 0 radical (unpaired) electrons. The zero-order chi connectivity index (χ0) is 17.2. The van der Waals surface area contributed by atoms with E-state index in [4.69, 9.17) is 5.53 Å². The van der Waals surface area contributed by atoms with E-state index in [0.29, 0.717) is 0 Å². The highest BCUT2D eigenvalue weighted by Gasteiger charge is 2.37. The average Bonchev–Trinajstić information content (AvgIpc) is 2.81. The third kappa shape index (κ3) is 2.86. The molecular formula is C20H22N4O. The quantitative estimate of drug-likeness (QED) is 0.498. The molecule has 5 heteroatoms. The largest absolute Gasteiger partial charge is 0.391 e. The van der Waals surface area contributed by atoms with E-state index in [1.54, 1.807) is 0 Å². The Morgan fingerprint density at radius 3 is 2.16 bits per heavy atom. The van der Waals surface area contributed by atoms with Gasteiger partial charge in [0, 0.05) is 16.3 Å². The van der Waals surface area contributed by atoms with Gasteiger partial charge in [-0.25, -0.2) is 0 Å². The van der Waals surface area contributed by atoms with Crippen LogP contribution in [-0.2, 0) is 12.8 Å². The molecule has 1 N–H and O–H groups in total. The van der Waals surface area contributed by atoms with Crippen molar-refractivity contribution >= 4 is 11.4 Å². The molecule has 1 heterocycles. The lowest BCUT2D eigenvalue weighted by atomic mass is 9.86. The van der Waals surface area contributed by atoms with Gasteiger partial charge in [-0.05, 0) is 54.5 Å². The first kappa shape index (κ1) is 16.0. The number of anilines is 2. The molecule has 2 aromatic carbocycles. The normalized spacial score (nSPS) is 25.3. The minimum atomic E-state index is -0.663. The zero-order valence-corrected chi connectivity index (χ0v) is 14.1. The second-order valence-electron chi connectivity index (χ2n) is 6.89. The minimum Gasteiger partial charge on any atom is -0.391 e. The van der Waals surface area contributed by atoms with E-state index in [9.17, 15) is 5.11 Å². The van der Waals surface area contributed by atoms with Crippen molar-refractivity contribution in [1.82, 2.24) is 0 Å². The predicted octanol–water partition coefficient (Wildman–Crippen LogP) is 4.52. The number of fused-ring (bicyclic) bond motifs is 2. The number of hydrogen-bond donors (Lipinski definition) is 1. The van der Waals surface area contributed by atoms with Crippen molar-refractivity contribution in [2.24, 2.45) is 5.11 Å². The Morgan fingerprint density at radius 2 is 1.56 bits per heavy atom. The van der Waals surface area contributed by atoms with Crippen LogP contribution >= 0.6 is 0 Å². The molecule has 1 unspecified atom stereocenters. The first-order chi connectivity index (χ1) is 12.3. The lowest BCUT2D eigenvalue weighted by Gasteiger charge is -2.42. The lowest BCUT2D eigenvalue weighted by molar-refractivity contribution is 0.0879. The molecule has 2 aliphatic rings. The summed E-state index contributed by atoms with van der Waals surface area (Å²) in [6.45, 7) is 0. The van der Waals surface area contributed by atoms with Crippen molar-refractivity contribution in [3.8, 4) is 0 Å². The van der Waals surface area contributed by atoms with Gasteiger partial charge in [0.15, 0.2) is 0 Å². The Labute approximate surface area is 147 Å². The maximum absolute atomic E-state index is 10.9. The van der Waals surface area contributed by atoms with Crippen LogP contribution < -0.4 is 4.90 Å². The predicted molar refractivity (Wildman–Crippen MR) is 99.0 cm³/mol. The first-order valence-corrected chi connectivity index (χ1v) is 8.97. The molecule has 1 aliphatic heterocycles. The average molecular weight is 334 g/mol. The van der Waals surface area contributed by atoms with E-state index in [0.717, 1.165) is 43.5 Å². The number of hydrogen-bond acceptors (Lipinski definition) is 3. The molecule has 3 atom stereocenters. The van der Waals surface area contributed by atoms with Crippen molar-refractivity contribution < 1.29 is 5.11 Å². The van der Waals surface area contributed by atoms with E-state index in [-0.39, 0.29) is 12.1 Å². The van der Waals surface area contributed by atoms with Gasteiger partial charge >= 0.3 is 0 Å². The summed E-state index contributed by atoms with van der Waals surface area (Å²) in [6, 6.07) is 16.5. The second-order valence-corrected chi connectivity index (χ2v) is 6.89. The van der Waals surface area contributed by atoms with Crippen LogP contribution in [0.25, 0.3) is 10.4 Å². The minimum absolute atomic E-state index is 0.0790. The fraction of sp³-hybridized carbons (Fsp3) is 0.400. The Kier molecular flexibility index (Phi) is 4.35. The summed E-state index contributed by atoms with van der Waals surface area (Å²) in [4.78, 5) is 5.24. The molecule has 0 aromatic heterocycles. The molecule has 1 aliphatic carbocycles. The molecule has 0 amide bonds. The monoisotopic (exact) mass is 334 g/mol. The summed E-state index contributed by atoms with van der Waals surface area (Å²) < 4.78 is 0. The summed E-state index contributed by atoms with van der Waals surface area (Å²) in [7, 11) is 0. The van der Waals surface area contributed by atoms with Crippen molar-refractivity contribution in [1.29, 1.82) is 0 Å². The van der Waals surface area contributed by atoms with Crippen LogP contribution in [0.15, 0.2) is 53.6 Å². The molecule has 0 saturated heterocycles. The number of para-hydroxylation sites is 2. The van der Waals surface area contributed by atoms with Gasteiger partial charge in [0.05, 0.1) is 18.2 Å². The Morgan fingerprint density at radius 1 is 0.960 bits per heavy atom. The molecule has 0 bridgehead atoms. The van der Waals surface area contributed by atoms with Gasteiger partial charge in [0.25, 0.3) is 0 Å². The van der Waals surface area contributed by atoms with Crippen LogP contribution in [0.3, 0.4) is 0 Å². The third-order valence-electron chi connectivity index (χ3n) is 5.49. The Balaban J connectivity index is 1.83. The van der Waals surface area contributed by atoms with Gasteiger partial charge in [0.1, 0.15) is 0 Å². The molecule has 2 aromatic rings. The van der Waals surface area contributed by atoms with Crippen LogP contribution in [0.5, 0.6) is 0 Å². The first-order valence-electron chi connectivity index (χ1n) is 8.97. The third-order valence-corrected chi connectivity index (χ3v) is 5.49. The Bertz CT molecular complexity index is 767. The van der Waals surface area contributed by atoms with Gasteiger partial charge < -0.3 is 10.0 Å². The van der Waals surface area contributed by atoms with Gasteiger partial charge in [-0.1, -0.05) is 47.9 Å². The molecular weight excluding hydrogens is 312 g/mol. The van der Waals surface area contributed by atoms with E-state index in [1.165, 1.54) is 11.1 Å². The number of benzene rings is 2. The maximum atomic E-state index is 10.9. The number of azide groups is 1. The van der Waals surface area contributed by atoms with Crippen LogP contribution in [0.1, 0.15) is 30.4 Å².